The fourth-order valence-electron chi connectivity index (χ4n) is 2.86. The average molecular weight is 409 g/mol. The van der Waals surface area contributed by atoms with Crippen LogP contribution < -0.4 is 10.6 Å². The van der Waals surface area contributed by atoms with Crippen LogP contribution in [-0.2, 0) is 22.7 Å². The Kier molecular flexibility index (Phi) is 5.39. The maximum absolute atomic E-state index is 12.3. The van der Waals surface area contributed by atoms with E-state index in [1.165, 1.54) is 18.3 Å². The quantitative estimate of drug-likeness (QED) is 0.487. The van der Waals surface area contributed by atoms with Gasteiger partial charge in [0.15, 0.2) is 10.9 Å². The summed E-state index contributed by atoms with van der Waals surface area (Å²) >= 11 is 1.33. The van der Waals surface area contributed by atoms with Crippen LogP contribution in [0.4, 0.5) is 5.13 Å². The van der Waals surface area contributed by atoms with Crippen molar-refractivity contribution in [2.24, 2.45) is 0 Å². The number of fused-ring (bicyclic) bond motifs is 1. The van der Waals surface area contributed by atoms with E-state index in [4.69, 9.17) is 4.42 Å². The van der Waals surface area contributed by atoms with E-state index >= 15 is 0 Å². The van der Waals surface area contributed by atoms with Crippen molar-refractivity contribution in [1.82, 2.24) is 19.9 Å². The van der Waals surface area contributed by atoms with Gasteiger partial charge in [0.2, 0.25) is 11.8 Å². The summed E-state index contributed by atoms with van der Waals surface area (Å²) in [4.78, 5) is 32.0. The molecular formula is C20H19N5O3S. The molecule has 0 unspecified atom stereocenters. The largest absolute Gasteiger partial charge is 0.458 e. The molecule has 2 N–H and O–H groups in total. The van der Waals surface area contributed by atoms with Crippen LogP contribution in [0.2, 0.25) is 0 Å². The highest BCUT2D eigenvalue weighted by Crippen LogP contribution is 2.26. The van der Waals surface area contributed by atoms with Gasteiger partial charge in [-0.2, -0.15) is 0 Å². The fraction of sp³-hybridized carbons (Fsp3) is 0.200. The van der Waals surface area contributed by atoms with E-state index in [0.29, 0.717) is 41.9 Å². The first-order chi connectivity index (χ1) is 14.1. The topological polar surface area (TPSA) is 102 Å². The number of furan rings is 1. The van der Waals surface area contributed by atoms with E-state index < -0.39 is 0 Å². The number of rotatable bonds is 7. The van der Waals surface area contributed by atoms with Crippen molar-refractivity contribution < 1.29 is 14.0 Å². The molecule has 0 aliphatic carbocycles. The molecule has 3 aromatic heterocycles. The third-order valence-electron chi connectivity index (χ3n) is 4.28. The molecule has 2 amide bonds. The van der Waals surface area contributed by atoms with Crippen LogP contribution in [-0.4, -0.2) is 26.3 Å². The lowest BCUT2D eigenvalue weighted by Gasteiger charge is -2.04. The predicted molar refractivity (Wildman–Crippen MR) is 110 cm³/mol. The third-order valence-corrected chi connectivity index (χ3v) is 5.04. The molecule has 0 bridgehead atoms. The van der Waals surface area contributed by atoms with Crippen LogP contribution in [0.5, 0.6) is 0 Å². The van der Waals surface area contributed by atoms with Gasteiger partial charge in [-0.3, -0.25) is 9.59 Å². The number of aromatic nitrogens is 3. The van der Waals surface area contributed by atoms with Gasteiger partial charge in [-0.05, 0) is 24.3 Å². The number of amides is 2. The summed E-state index contributed by atoms with van der Waals surface area (Å²) in [6.45, 7) is 2.32. The second-order valence-corrected chi connectivity index (χ2v) is 7.30. The molecule has 29 heavy (non-hydrogen) atoms. The number of aryl methyl sites for hydroxylation is 1. The SMILES string of the molecule is CC(=O)NCc1ccc(-c2csc(NC(=O)CCn3cnc4ccccc43)n2)o1. The number of benzene rings is 1. The zero-order chi connectivity index (χ0) is 20.2. The number of hydrogen-bond acceptors (Lipinski definition) is 6. The minimum Gasteiger partial charge on any atom is -0.458 e. The first-order valence-corrected chi connectivity index (χ1v) is 9.95. The number of nitrogens with one attached hydrogen (secondary N) is 2. The Bertz CT molecular complexity index is 1160. The summed E-state index contributed by atoms with van der Waals surface area (Å²) in [5.74, 6) is 0.994. The van der Waals surface area contributed by atoms with Crippen molar-refractivity contribution in [2.75, 3.05) is 5.32 Å². The van der Waals surface area contributed by atoms with Gasteiger partial charge < -0.3 is 19.6 Å². The lowest BCUT2D eigenvalue weighted by Crippen LogP contribution is -2.18. The van der Waals surface area contributed by atoms with Crippen molar-refractivity contribution in [3.63, 3.8) is 0 Å². The van der Waals surface area contributed by atoms with Gasteiger partial charge in [0.25, 0.3) is 0 Å². The number of thiazole rings is 1. The van der Waals surface area contributed by atoms with E-state index in [1.807, 2.05) is 34.2 Å². The van der Waals surface area contributed by atoms with E-state index in [1.54, 1.807) is 18.5 Å². The van der Waals surface area contributed by atoms with Crippen LogP contribution in [0.3, 0.4) is 0 Å². The second-order valence-electron chi connectivity index (χ2n) is 6.44. The molecule has 8 nitrogen and oxygen atoms in total. The molecule has 1 aromatic carbocycles. The first kappa shape index (κ1) is 18.9. The Morgan fingerprint density at radius 2 is 2.07 bits per heavy atom. The highest BCUT2D eigenvalue weighted by Gasteiger charge is 2.12. The number of carbonyl (C=O) groups excluding carboxylic acids is 2. The van der Waals surface area contributed by atoms with Crippen LogP contribution in [0.15, 0.2) is 52.5 Å². The fourth-order valence-corrected chi connectivity index (χ4v) is 3.57. The minimum absolute atomic E-state index is 0.116. The van der Waals surface area contributed by atoms with Crippen molar-refractivity contribution in [3.05, 3.63) is 53.9 Å². The molecule has 3 heterocycles. The van der Waals surface area contributed by atoms with Crippen molar-refractivity contribution >= 4 is 39.3 Å². The number of para-hydroxylation sites is 2. The summed E-state index contributed by atoms with van der Waals surface area (Å²) in [6.07, 6.45) is 2.06. The van der Waals surface area contributed by atoms with Crippen molar-refractivity contribution in [1.29, 1.82) is 0 Å². The van der Waals surface area contributed by atoms with E-state index in [9.17, 15) is 9.59 Å². The zero-order valence-corrected chi connectivity index (χ0v) is 16.5. The predicted octanol–water partition coefficient (Wildman–Crippen LogP) is 3.42. The molecule has 148 valence electrons. The molecule has 0 atom stereocenters. The maximum Gasteiger partial charge on any atom is 0.227 e. The number of anilines is 1. The molecule has 4 rings (SSSR count). The molecular weight excluding hydrogens is 390 g/mol. The normalized spacial score (nSPS) is 10.9. The average Bonchev–Trinajstić information content (AvgIpc) is 3.44. The Labute approximate surface area is 170 Å². The summed E-state index contributed by atoms with van der Waals surface area (Å²) in [6, 6.07) is 11.4. The molecule has 0 spiro atoms. The van der Waals surface area contributed by atoms with Gasteiger partial charge in [0, 0.05) is 25.3 Å². The second kappa shape index (κ2) is 8.27. The van der Waals surface area contributed by atoms with Crippen LogP contribution in [0, 0.1) is 0 Å². The van der Waals surface area contributed by atoms with Gasteiger partial charge >= 0.3 is 0 Å². The van der Waals surface area contributed by atoms with Crippen LogP contribution in [0.1, 0.15) is 19.1 Å². The highest BCUT2D eigenvalue weighted by molar-refractivity contribution is 7.14. The lowest BCUT2D eigenvalue weighted by molar-refractivity contribution is -0.119. The summed E-state index contributed by atoms with van der Waals surface area (Å²) in [7, 11) is 0. The van der Waals surface area contributed by atoms with Crippen LogP contribution in [0.25, 0.3) is 22.5 Å². The molecule has 0 saturated carbocycles. The summed E-state index contributed by atoms with van der Waals surface area (Å²) < 4.78 is 7.64. The molecule has 4 aromatic rings. The number of nitrogens with zero attached hydrogens (tertiary/aromatic N) is 3. The minimum atomic E-state index is -0.120. The number of imidazole rings is 1. The molecule has 0 aliphatic rings. The molecule has 0 aliphatic heterocycles. The Morgan fingerprint density at radius 1 is 1.21 bits per heavy atom. The maximum atomic E-state index is 12.3. The Balaban J connectivity index is 1.34. The van der Waals surface area contributed by atoms with Crippen molar-refractivity contribution in [3.8, 4) is 11.5 Å². The van der Waals surface area contributed by atoms with Gasteiger partial charge in [-0.15, -0.1) is 11.3 Å². The molecule has 0 saturated heterocycles. The standard InChI is InChI=1S/C20H19N5O3S/c1-13(26)21-10-14-6-7-18(28-14)16-11-29-20(23-16)24-19(27)8-9-25-12-22-15-4-2-3-5-17(15)25/h2-7,11-12H,8-10H2,1H3,(H,21,26)(H,23,24,27). The molecule has 0 fully saturated rings. The highest BCUT2D eigenvalue weighted by atomic mass is 32.1. The molecule has 0 radical (unpaired) electrons. The first-order valence-electron chi connectivity index (χ1n) is 9.07. The van der Waals surface area contributed by atoms with Crippen LogP contribution >= 0.6 is 11.3 Å². The van der Waals surface area contributed by atoms with Gasteiger partial charge in [-0.25, -0.2) is 9.97 Å². The summed E-state index contributed by atoms with van der Waals surface area (Å²) in [5, 5.41) is 7.84. The van der Waals surface area contributed by atoms with Crippen molar-refractivity contribution in [2.45, 2.75) is 26.4 Å². The molecule has 9 heteroatoms. The smallest absolute Gasteiger partial charge is 0.227 e. The van der Waals surface area contributed by atoms with E-state index in [0.717, 1.165) is 11.0 Å². The van der Waals surface area contributed by atoms with E-state index in [2.05, 4.69) is 20.6 Å². The van der Waals surface area contributed by atoms with Gasteiger partial charge in [0.05, 0.1) is 23.9 Å². The Morgan fingerprint density at radius 3 is 2.93 bits per heavy atom. The summed E-state index contributed by atoms with van der Waals surface area (Å²) in [5.41, 5.74) is 2.55. The van der Waals surface area contributed by atoms with E-state index in [-0.39, 0.29) is 11.8 Å². The van der Waals surface area contributed by atoms with Gasteiger partial charge in [0.1, 0.15) is 11.5 Å². The monoisotopic (exact) mass is 409 g/mol. The zero-order valence-electron chi connectivity index (χ0n) is 15.7. The van der Waals surface area contributed by atoms with Gasteiger partial charge in [-0.1, -0.05) is 12.1 Å². The number of hydrogen-bond donors (Lipinski definition) is 2. The number of carbonyl (C=O) groups is 2. The lowest BCUT2D eigenvalue weighted by atomic mass is 10.3. The third kappa shape index (κ3) is 4.52. The Hall–Kier alpha value is -3.46.